The van der Waals surface area contributed by atoms with Crippen LogP contribution in [0.2, 0.25) is 0 Å². The highest BCUT2D eigenvalue weighted by molar-refractivity contribution is 6.41. The van der Waals surface area contributed by atoms with Crippen LogP contribution in [0.15, 0.2) is 36.4 Å². The molecule has 2 aromatic rings. The maximum absolute atomic E-state index is 15.6. The molecule has 2 aromatic carbocycles. The molecule has 3 rings (SSSR count). The predicted molar refractivity (Wildman–Crippen MR) is 165 cm³/mol. The van der Waals surface area contributed by atoms with Gasteiger partial charge < -0.3 is 39.8 Å². The lowest BCUT2D eigenvalue weighted by Crippen LogP contribution is -2.82. The fraction of sp³-hybridized carbons (Fsp3) is 0.483. The first kappa shape index (κ1) is 36.3. The smallest absolute Gasteiger partial charge is 0.238 e. The van der Waals surface area contributed by atoms with Crippen LogP contribution in [0, 0.1) is 12.7 Å². The zero-order valence-corrected chi connectivity index (χ0v) is 25.6. The van der Waals surface area contributed by atoms with Crippen molar-refractivity contribution in [1.29, 1.82) is 0 Å². The molecule has 0 aromatic heterocycles. The number of nitrogens with one attached hydrogen (secondary N) is 1. The highest BCUT2D eigenvalue weighted by Gasteiger charge is 2.62. The fourth-order valence-corrected chi connectivity index (χ4v) is 5.51. The van der Waals surface area contributed by atoms with Gasteiger partial charge in [0.2, 0.25) is 12.3 Å². The standard InChI is InChI=1S/C29H34B4FN3O8/c1-17-7-5-10-22(44-14-21-9-6-8-20(24(21)34)13-36-11-18(2)45-19(3)12-36)23(17)28(32,42)37(16-39)27(31,25(40)35-4)29(33,43)26(30,41)15-38/h5-10,15-16,18-19,41-43H,11-14H2,1-4H3,(H,35,40). The molecule has 2 amide bonds. The van der Waals surface area contributed by atoms with Gasteiger partial charge in [0.05, 0.1) is 23.2 Å². The number of aliphatic hydroxyl groups is 3. The number of carbonyl (C=O) groups excluding carboxylic acids is 3. The van der Waals surface area contributed by atoms with E-state index in [-0.39, 0.29) is 52.6 Å². The Morgan fingerprint density at radius 3 is 2.22 bits per heavy atom. The maximum Gasteiger partial charge on any atom is 0.238 e. The number of hydrogen-bond donors (Lipinski definition) is 4. The Kier molecular flexibility index (Phi) is 11.0. The van der Waals surface area contributed by atoms with Gasteiger partial charge in [-0.25, -0.2) is 4.39 Å². The number of nitrogens with zero attached hydrogens (tertiary/aromatic N) is 2. The number of rotatable bonds is 13. The quantitative estimate of drug-likeness (QED) is 0.121. The first-order valence-electron chi connectivity index (χ1n) is 14.0. The van der Waals surface area contributed by atoms with Gasteiger partial charge >= 0.3 is 0 Å². The fourth-order valence-electron chi connectivity index (χ4n) is 5.51. The van der Waals surface area contributed by atoms with Gasteiger partial charge in [-0.3, -0.25) is 14.5 Å². The van der Waals surface area contributed by atoms with Crippen LogP contribution in [0.25, 0.3) is 0 Å². The van der Waals surface area contributed by atoms with E-state index in [0.717, 1.165) is 7.05 Å². The number of halogens is 1. The molecule has 45 heavy (non-hydrogen) atoms. The van der Waals surface area contributed by atoms with Gasteiger partial charge in [-0.05, 0) is 32.4 Å². The van der Waals surface area contributed by atoms with E-state index in [0.29, 0.717) is 25.2 Å². The van der Waals surface area contributed by atoms with Crippen LogP contribution >= 0.6 is 0 Å². The predicted octanol–water partition coefficient (Wildman–Crippen LogP) is -1.42. The van der Waals surface area contributed by atoms with Crippen LogP contribution in [0.5, 0.6) is 5.75 Å². The van der Waals surface area contributed by atoms with Gasteiger partial charge in [0, 0.05) is 43.4 Å². The summed E-state index contributed by atoms with van der Waals surface area (Å²) < 4.78 is 27.3. The second kappa shape index (κ2) is 13.7. The molecule has 16 heteroatoms. The topological polar surface area (TPSA) is 149 Å². The van der Waals surface area contributed by atoms with Crippen molar-refractivity contribution in [3.8, 4) is 5.75 Å². The average molecular weight is 615 g/mol. The minimum atomic E-state index is -3.64. The van der Waals surface area contributed by atoms with Crippen molar-refractivity contribution in [1.82, 2.24) is 15.1 Å². The van der Waals surface area contributed by atoms with Crippen LogP contribution < -0.4 is 10.1 Å². The molecule has 4 N–H and O–H groups in total. The average Bonchev–Trinajstić information content (AvgIpc) is 2.96. The molecule has 0 aliphatic carbocycles. The van der Waals surface area contributed by atoms with E-state index in [4.69, 9.17) is 40.9 Å². The summed E-state index contributed by atoms with van der Waals surface area (Å²) in [6.45, 7) is 6.59. The summed E-state index contributed by atoms with van der Waals surface area (Å²) >= 11 is 0. The molecule has 1 aliphatic rings. The van der Waals surface area contributed by atoms with Crippen molar-refractivity contribution in [3.63, 3.8) is 0 Å². The summed E-state index contributed by atoms with van der Waals surface area (Å²) in [5.74, 6) is -2.17. The normalized spacial score (nSPS) is 22.5. The number of carbonyl (C=O) groups is 3. The zero-order chi connectivity index (χ0) is 34.0. The number of ether oxygens (including phenoxy) is 2. The molecule has 1 fully saturated rings. The van der Waals surface area contributed by atoms with Crippen molar-refractivity contribution in [2.24, 2.45) is 0 Å². The Bertz CT molecular complexity index is 1410. The van der Waals surface area contributed by atoms with Gasteiger partial charge in [0.1, 0.15) is 59.1 Å². The number of hydrogen-bond acceptors (Lipinski definition) is 9. The highest BCUT2D eigenvalue weighted by atomic mass is 19.1. The number of aryl methyl sites for hydroxylation is 1. The molecule has 1 saturated heterocycles. The lowest BCUT2D eigenvalue weighted by molar-refractivity contribution is -0.180. The molecular weight excluding hydrogens is 581 g/mol. The van der Waals surface area contributed by atoms with E-state index in [1.807, 2.05) is 19.2 Å². The number of benzene rings is 2. The SMILES string of the molecule is [B]C(O)(c1c(C)cccc1OCc1cccc(CN2CC(C)OC(C)C2)c1F)N(C=O)C([B])(C(=O)NC)C([B])(O)C([B])(O)C=O. The largest absolute Gasteiger partial charge is 0.488 e. The number of likely N-dealkylation sites (N-methyl/N-ethyl adjacent to an activating group) is 1. The van der Waals surface area contributed by atoms with Crippen molar-refractivity contribution < 1.29 is 43.6 Å². The van der Waals surface area contributed by atoms with E-state index in [2.05, 4.69) is 4.90 Å². The summed E-state index contributed by atoms with van der Waals surface area (Å²) in [5.41, 5.74) is -13.2. The third-order valence-corrected chi connectivity index (χ3v) is 7.83. The number of aldehydes is 1. The first-order chi connectivity index (χ1) is 20.9. The maximum atomic E-state index is 15.6. The third-order valence-electron chi connectivity index (χ3n) is 7.83. The Morgan fingerprint density at radius 1 is 1.09 bits per heavy atom. The Labute approximate surface area is 267 Å². The molecule has 1 aliphatic heterocycles. The van der Waals surface area contributed by atoms with Crippen LogP contribution in [-0.2, 0) is 37.9 Å². The van der Waals surface area contributed by atoms with E-state index in [1.165, 1.54) is 31.2 Å². The van der Waals surface area contributed by atoms with Crippen molar-refractivity contribution in [2.45, 2.75) is 68.2 Å². The van der Waals surface area contributed by atoms with Gasteiger partial charge in [-0.2, -0.15) is 0 Å². The van der Waals surface area contributed by atoms with Gasteiger partial charge in [0.15, 0.2) is 7.85 Å². The van der Waals surface area contributed by atoms with Gasteiger partial charge in [-0.15, -0.1) is 0 Å². The van der Waals surface area contributed by atoms with Crippen LogP contribution in [0.1, 0.15) is 36.1 Å². The second-order valence-corrected chi connectivity index (χ2v) is 11.3. The molecule has 8 radical (unpaired) electrons. The van der Waals surface area contributed by atoms with E-state index in [1.54, 1.807) is 12.1 Å². The molecule has 6 atom stereocenters. The number of morpholine rings is 1. The first-order valence-corrected chi connectivity index (χ1v) is 14.0. The molecule has 6 unspecified atom stereocenters. The zero-order valence-electron chi connectivity index (χ0n) is 25.6. The van der Waals surface area contributed by atoms with Crippen LogP contribution in [0.4, 0.5) is 4.39 Å². The van der Waals surface area contributed by atoms with Crippen molar-refractivity contribution >= 4 is 50.0 Å². The molecule has 1 heterocycles. The molecular formula is C29H34B4FN3O8. The van der Waals surface area contributed by atoms with Crippen LogP contribution in [-0.4, -0.2) is 124 Å². The monoisotopic (exact) mass is 615 g/mol. The Morgan fingerprint density at radius 2 is 1.67 bits per heavy atom. The molecule has 0 saturated carbocycles. The summed E-state index contributed by atoms with van der Waals surface area (Å²) in [6.07, 6.45) is -0.666. The summed E-state index contributed by atoms with van der Waals surface area (Å²) in [4.78, 5) is 39.1. The van der Waals surface area contributed by atoms with Crippen molar-refractivity contribution in [2.75, 3.05) is 20.1 Å². The summed E-state index contributed by atoms with van der Waals surface area (Å²) in [6, 6.07) is 9.17. The summed E-state index contributed by atoms with van der Waals surface area (Å²) in [7, 11) is 24.6. The molecule has 11 nitrogen and oxygen atoms in total. The van der Waals surface area contributed by atoms with E-state index < -0.39 is 40.1 Å². The molecule has 0 bridgehead atoms. The minimum absolute atomic E-state index is 0.00739. The van der Waals surface area contributed by atoms with Crippen LogP contribution in [0.3, 0.4) is 0 Å². The lowest BCUT2D eigenvalue weighted by Gasteiger charge is -2.56. The molecule has 0 spiro atoms. The number of amides is 2. The minimum Gasteiger partial charge on any atom is -0.488 e. The third kappa shape index (κ3) is 6.85. The van der Waals surface area contributed by atoms with Gasteiger partial charge in [0.25, 0.3) is 0 Å². The summed E-state index contributed by atoms with van der Waals surface area (Å²) in [5, 5.41) is 35.1. The lowest BCUT2D eigenvalue weighted by atomic mass is 9.44. The Hall–Kier alpha value is -3.16. The van der Waals surface area contributed by atoms with Gasteiger partial charge in [-0.1, -0.05) is 30.3 Å². The molecule has 232 valence electrons. The second-order valence-electron chi connectivity index (χ2n) is 11.3. The van der Waals surface area contributed by atoms with E-state index in [9.17, 15) is 29.7 Å². The van der Waals surface area contributed by atoms with Crippen molar-refractivity contribution in [3.05, 3.63) is 64.5 Å². The highest BCUT2D eigenvalue weighted by Crippen LogP contribution is 2.41. The Balaban J connectivity index is 2.02. The van der Waals surface area contributed by atoms with E-state index >= 15 is 4.39 Å².